The maximum absolute atomic E-state index is 10.5. The number of aliphatic hydroxyl groups excluding tert-OH is 1. The van der Waals surface area contributed by atoms with E-state index in [1.165, 1.54) is 14.2 Å². The van der Waals surface area contributed by atoms with Crippen molar-refractivity contribution in [3.05, 3.63) is 57.6 Å². The monoisotopic (exact) mass is 312 g/mol. The second-order valence-corrected chi connectivity index (χ2v) is 4.97. The molecule has 2 aromatic carbocycles. The summed E-state index contributed by atoms with van der Waals surface area (Å²) in [6.07, 6.45) is -0.856. The lowest BCUT2D eigenvalue weighted by Gasteiger charge is -2.17. The third-order valence-electron chi connectivity index (χ3n) is 3.00. The van der Waals surface area contributed by atoms with Crippen molar-refractivity contribution >= 4 is 23.2 Å². The fraction of sp³-hybridized carbons (Fsp3) is 0.200. The molecule has 5 heteroatoms. The van der Waals surface area contributed by atoms with Crippen LogP contribution >= 0.6 is 23.2 Å². The molecule has 3 nitrogen and oxygen atoms in total. The minimum atomic E-state index is -0.856. The molecule has 0 radical (unpaired) electrons. The molecule has 1 unspecified atom stereocenters. The van der Waals surface area contributed by atoms with Gasteiger partial charge in [0.1, 0.15) is 22.6 Å². The average Bonchev–Trinajstić information content (AvgIpc) is 2.47. The summed E-state index contributed by atoms with van der Waals surface area (Å²) >= 11 is 12.0. The Labute approximate surface area is 127 Å². The summed E-state index contributed by atoms with van der Waals surface area (Å²) in [7, 11) is 3.02. The van der Waals surface area contributed by atoms with Crippen LogP contribution in [0.3, 0.4) is 0 Å². The Morgan fingerprint density at radius 1 is 0.950 bits per heavy atom. The van der Waals surface area contributed by atoms with Crippen LogP contribution < -0.4 is 9.47 Å². The SMILES string of the molecule is COc1ccc(C(O)c2ccc(Cl)cc2)c(OC)c1Cl. The van der Waals surface area contributed by atoms with Gasteiger partial charge in [-0.3, -0.25) is 0 Å². The van der Waals surface area contributed by atoms with E-state index < -0.39 is 6.10 Å². The molecule has 0 spiro atoms. The van der Waals surface area contributed by atoms with Crippen molar-refractivity contribution in [1.82, 2.24) is 0 Å². The molecule has 0 aliphatic carbocycles. The standard InChI is InChI=1S/C15H14Cl2O3/c1-19-12-8-7-11(15(20-2)13(12)17)14(18)9-3-5-10(16)6-4-9/h3-8,14,18H,1-2H3. The molecule has 2 rings (SSSR count). The van der Waals surface area contributed by atoms with E-state index in [4.69, 9.17) is 32.7 Å². The van der Waals surface area contributed by atoms with E-state index >= 15 is 0 Å². The number of hydrogen-bond acceptors (Lipinski definition) is 3. The van der Waals surface area contributed by atoms with Crippen LogP contribution in [0.5, 0.6) is 11.5 Å². The lowest BCUT2D eigenvalue weighted by molar-refractivity contribution is 0.214. The van der Waals surface area contributed by atoms with Crippen LogP contribution in [0, 0.1) is 0 Å². The highest BCUT2D eigenvalue weighted by atomic mass is 35.5. The molecule has 0 aliphatic rings. The first-order valence-electron chi connectivity index (χ1n) is 5.92. The predicted octanol–water partition coefficient (Wildman–Crippen LogP) is 4.09. The minimum absolute atomic E-state index is 0.334. The van der Waals surface area contributed by atoms with E-state index in [1.54, 1.807) is 36.4 Å². The van der Waals surface area contributed by atoms with Crippen LogP contribution in [0.1, 0.15) is 17.2 Å². The molecule has 0 amide bonds. The Hall–Kier alpha value is -1.42. The molecule has 0 bridgehead atoms. The van der Waals surface area contributed by atoms with E-state index in [9.17, 15) is 5.11 Å². The molecule has 20 heavy (non-hydrogen) atoms. The highest BCUT2D eigenvalue weighted by Gasteiger charge is 2.20. The van der Waals surface area contributed by atoms with Crippen LogP contribution in [0.2, 0.25) is 10.0 Å². The van der Waals surface area contributed by atoms with Gasteiger partial charge in [0.15, 0.2) is 0 Å². The summed E-state index contributed by atoms with van der Waals surface area (Å²) in [4.78, 5) is 0. The van der Waals surface area contributed by atoms with E-state index in [0.717, 1.165) is 0 Å². The van der Waals surface area contributed by atoms with E-state index in [-0.39, 0.29) is 0 Å². The molecule has 2 aromatic rings. The second-order valence-electron chi connectivity index (χ2n) is 4.16. The first-order chi connectivity index (χ1) is 9.58. The maximum atomic E-state index is 10.5. The third kappa shape index (κ3) is 2.85. The quantitative estimate of drug-likeness (QED) is 0.924. The van der Waals surface area contributed by atoms with Gasteiger partial charge in [-0.1, -0.05) is 35.3 Å². The van der Waals surface area contributed by atoms with Crippen molar-refractivity contribution in [2.24, 2.45) is 0 Å². The lowest BCUT2D eigenvalue weighted by Crippen LogP contribution is -2.03. The Balaban J connectivity index is 2.46. The second kappa shape index (κ2) is 6.35. The smallest absolute Gasteiger partial charge is 0.147 e. The third-order valence-corrected chi connectivity index (χ3v) is 3.61. The zero-order valence-corrected chi connectivity index (χ0v) is 12.6. The van der Waals surface area contributed by atoms with Gasteiger partial charge in [-0.15, -0.1) is 0 Å². The number of benzene rings is 2. The van der Waals surface area contributed by atoms with Crippen molar-refractivity contribution in [3.8, 4) is 11.5 Å². The summed E-state index contributed by atoms with van der Waals surface area (Å²) in [6, 6.07) is 10.4. The summed E-state index contributed by atoms with van der Waals surface area (Å²) < 4.78 is 10.4. The molecule has 0 aliphatic heterocycles. The van der Waals surface area contributed by atoms with Crippen LogP contribution in [0.4, 0.5) is 0 Å². The van der Waals surface area contributed by atoms with Crippen LogP contribution in [0.25, 0.3) is 0 Å². The van der Waals surface area contributed by atoms with E-state index in [2.05, 4.69) is 0 Å². The number of methoxy groups -OCH3 is 2. The Morgan fingerprint density at radius 2 is 1.60 bits per heavy atom. The number of ether oxygens (including phenoxy) is 2. The van der Waals surface area contributed by atoms with E-state index in [1.807, 2.05) is 0 Å². The zero-order valence-electron chi connectivity index (χ0n) is 11.1. The number of rotatable bonds is 4. The maximum Gasteiger partial charge on any atom is 0.147 e. The number of hydrogen-bond donors (Lipinski definition) is 1. The molecular weight excluding hydrogens is 299 g/mol. The van der Waals surface area contributed by atoms with Gasteiger partial charge in [0.2, 0.25) is 0 Å². The summed E-state index contributed by atoms with van der Waals surface area (Å²) in [6.45, 7) is 0. The fourth-order valence-corrected chi connectivity index (χ4v) is 2.41. The van der Waals surface area contributed by atoms with Gasteiger partial charge < -0.3 is 14.6 Å². The average molecular weight is 313 g/mol. The molecule has 106 valence electrons. The van der Waals surface area contributed by atoms with Crippen LogP contribution in [-0.2, 0) is 0 Å². The van der Waals surface area contributed by atoms with Crippen molar-refractivity contribution in [2.75, 3.05) is 14.2 Å². The molecule has 1 atom stereocenters. The van der Waals surface area contributed by atoms with Gasteiger partial charge in [0, 0.05) is 10.6 Å². The predicted molar refractivity (Wildman–Crippen MR) is 80.1 cm³/mol. The number of halogens is 2. The Bertz CT molecular complexity index is 597. The van der Waals surface area contributed by atoms with Crippen molar-refractivity contribution < 1.29 is 14.6 Å². The molecular formula is C15H14Cl2O3. The lowest BCUT2D eigenvalue weighted by atomic mass is 10.0. The highest BCUT2D eigenvalue weighted by Crippen LogP contribution is 2.41. The summed E-state index contributed by atoms with van der Waals surface area (Å²) in [5.74, 6) is 0.893. The first kappa shape index (κ1) is 15.0. The normalized spacial score (nSPS) is 12.1. The highest BCUT2D eigenvalue weighted by molar-refractivity contribution is 6.33. The molecule has 1 N–H and O–H groups in total. The molecule has 0 saturated carbocycles. The Kier molecular flexibility index (Phi) is 4.76. The van der Waals surface area contributed by atoms with Gasteiger partial charge in [-0.05, 0) is 29.8 Å². The van der Waals surface area contributed by atoms with Crippen molar-refractivity contribution in [2.45, 2.75) is 6.10 Å². The summed E-state index contributed by atoms with van der Waals surface area (Å²) in [5, 5.41) is 11.4. The largest absolute Gasteiger partial charge is 0.495 e. The topological polar surface area (TPSA) is 38.7 Å². The summed E-state index contributed by atoms with van der Waals surface area (Å²) in [5.41, 5.74) is 1.27. The van der Waals surface area contributed by atoms with Gasteiger partial charge in [0.25, 0.3) is 0 Å². The van der Waals surface area contributed by atoms with Crippen molar-refractivity contribution in [1.29, 1.82) is 0 Å². The number of aliphatic hydroxyl groups is 1. The van der Waals surface area contributed by atoms with Gasteiger partial charge in [0.05, 0.1) is 14.2 Å². The molecule has 0 heterocycles. The fourth-order valence-electron chi connectivity index (χ4n) is 1.96. The minimum Gasteiger partial charge on any atom is -0.495 e. The molecule has 0 saturated heterocycles. The Morgan fingerprint density at radius 3 is 2.15 bits per heavy atom. The zero-order chi connectivity index (χ0) is 14.7. The van der Waals surface area contributed by atoms with Crippen molar-refractivity contribution in [3.63, 3.8) is 0 Å². The van der Waals surface area contributed by atoms with Crippen LogP contribution in [-0.4, -0.2) is 19.3 Å². The van der Waals surface area contributed by atoms with Gasteiger partial charge in [-0.25, -0.2) is 0 Å². The molecule has 0 aromatic heterocycles. The van der Waals surface area contributed by atoms with Gasteiger partial charge >= 0.3 is 0 Å². The van der Waals surface area contributed by atoms with Gasteiger partial charge in [-0.2, -0.15) is 0 Å². The van der Waals surface area contributed by atoms with Crippen LogP contribution in [0.15, 0.2) is 36.4 Å². The first-order valence-corrected chi connectivity index (χ1v) is 6.68. The molecule has 0 fully saturated rings. The van der Waals surface area contributed by atoms with E-state index in [0.29, 0.717) is 32.7 Å².